The van der Waals surface area contributed by atoms with Crippen LogP contribution in [0.1, 0.15) is 35.5 Å². The van der Waals surface area contributed by atoms with Crippen molar-refractivity contribution in [3.8, 4) is 5.75 Å². The number of hydrogen-bond acceptors (Lipinski definition) is 6. The Morgan fingerprint density at radius 3 is 2.90 bits per heavy atom. The molecular weight excluding hydrogens is 454 g/mol. The van der Waals surface area contributed by atoms with Crippen LogP contribution >= 0.6 is 34.7 Å². The first kappa shape index (κ1) is 22.2. The summed E-state index contributed by atoms with van der Waals surface area (Å²) in [6.45, 7) is 0.844. The van der Waals surface area contributed by atoms with Gasteiger partial charge in [0.15, 0.2) is 0 Å². The molecular formula is C22H24ClN3O3S2. The van der Waals surface area contributed by atoms with E-state index < -0.39 is 0 Å². The van der Waals surface area contributed by atoms with E-state index in [2.05, 4.69) is 15.3 Å². The van der Waals surface area contributed by atoms with Crippen molar-refractivity contribution in [3.05, 3.63) is 55.9 Å². The zero-order valence-electron chi connectivity index (χ0n) is 17.0. The number of halogens is 1. The topological polar surface area (TPSA) is 84.1 Å². The van der Waals surface area contributed by atoms with Crippen molar-refractivity contribution in [3.63, 3.8) is 0 Å². The first-order valence-electron chi connectivity index (χ1n) is 10.4. The van der Waals surface area contributed by atoms with Crippen molar-refractivity contribution < 1.29 is 9.53 Å². The van der Waals surface area contributed by atoms with Gasteiger partial charge in [0, 0.05) is 22.1 Å². The summed E-state index contributed by atoms with van der Waals surface area (Å²) in [5, 5.41) is 4.29. The van der Waals surface area contributed by atoms with E-state index in [-0.39, 0.29) is 11.5 Å². The van der Waals surface area contributed by atoms with Gasteiger partial charge in [0.1, 0.15) is 23.0 Å². The number of fused-ring (bicyclic) bond motifs is 3. The van der Waals surface area contributed by atoms with Crippen LogP contribution in [0, 0.1) is 0 Å². The van der Waals surface area contributed by atoms with E-state index in [1.54, 1.807) is 47.4 Å². The average Bonchev–Trinajstić information content (AvgIpc) is 3.14. The lowest BCUT2D eigenvalue weighted by Crippen LogP contribution is -2.28. The smallest absolute Gasteiger partial charge is 0.259 e. The van der Waals surface area contributed by atoms with Crippen molar-refractivity contribution in [2.45, 2.75) is 37.9 Å². The number of aromatic nitrogens is 2. The molecule has 4 rings (SSSR count). The number of thiophene rings is 1. The molecule has 3 aromatic rings. The van der Waals surface area contributed by atoms with Crippen LogP contribution in [0.4, 0.5) is 0 Å². The predicted octanol–water partition coefficient (Wildman–Crippen LogP) is 4.34. The van der Waals surface area contributed by atoms with E-state index in [0.29, 0.717) is 41.9 Å². The highest BCUT2D eigenvalue weighted by Crippen LogP contribution is 2.33. The minimum absolute atomic E-state index is 0.0185. The van der Waals surface area contributed by atoms with Gasteiger partial charge < -0.3 is 15.0 Å². The number of carbonyl (C=O) groups is 1. The van der Waals surface area contributed by atoms with Crippen LogP contribution in [0.5, 0.6) is 5.75 Å². The second-order valence-corrected chi connectivity index (χ2v) is 9.98. The van der Waals surface area contributed by atoms with Gasteiger partial charge in [0.05, 0.1) is 17.7 Å². The number of carbonyl (C=O) groups excluding carboxylic acids is 1. The van der Waals surface area contributed by atoms with Crippen molar-refractivity contribution >= 4 is 50.8 Å². The lowest BCUT2D eigenvalue weighted by atomic mass is 9.97. The molecule has 0 bridgehead atoms. The molecule has 2 heterocycles. The summed E-state index contributed by atoms with van der Waals surface area (Å²) >= 11 is 9.08. The normalized spacial score (nSPS) is 13.2. The molecule has 1 aliphatic carbocycles. The van der Waals surface area contributed by atoms with Gasteiger partial charge in [-0.05, 0) is 55.5 Å². The predicted molar refractivity (Wildman–Crippen MR) is 128 cm³/mol. The number of aryl methyl sites for hydroxylation is 2. The molecule has 0 spiro atoms. The molecule has 0 aliphatic heterocycles. The number of amides is 1. The molecule has 9 heteroatoms. The maximum Gasteiger partial charge on any atom is 0.259 e. The van der Waals surface area contributed by atoms with Crippen LogP contribution in [0.3, 0.4) is 0 Å². The van der Waals surface area contributed by atoms with Gasteiger partial charge in [-0.25, -0.2) is 4.98 Å². The molecule has 31 heavy (non-hydrogen) atoms. The van der Waals surface area contributed by atoms with Gasteiger partial charge in [-0.2, -0.15) is 11.8 Å². The second-order valence-electron chi connectivity index (χ2n) is 7.36. The van der Waals surface area contributed by atoms with Crippen molar-refractivity contribution in [2.24, 2.45) is 0 Å². The number of nitrogens with zero attached hydrogens (tertiary/aromatic N) is 1. The number of thioether (sulfide) groups is 1. The third-order valence-electron chi connectivity index (χ3n) is 5.09. The zero-order chi connectivity index (χ0) is 21.6. The fourth-order valence-corrected chi connectivity index (χ4v) is 5.80. The van der Waals surface area contributed by atoms with Gasteiger partial charge in [-0.15, -0.1) is 11.3 Å². The van der Waals surface area contributed by atoms with Crippen LogP contribution in [0.15, 0.2) is 29.1 Å². The van der Waals surface area contributed by atoms with E-state index in [4.69, 9.17) is 16.3 Å². The van der Waals surface area contributed by atoms with Gasteiger partial charge in [0.2, 0.25) is 5.91 Å². The first-order chi connectivity index (χ1) is 15.1. The van der Waals surface area contributed by atoms with Gasteiger partial charge in [-0.1, -0.05) is 11.6 Å². The van der Waals surface area contributed by atoms with Gasteiger partial charge in [0.25, 0.3) is 5.56 Å². The fourth-order valence-electron chi connectivity index (χ4n) is 3.59. The molecule has 0 saturated heterocycles. The molecule has 0 unspecified atom stereocenters. The summed E-state index contributed by atoms with van der Waals surface area (Å²) < 4.78 is 5.55. The molecule has 6 nitrogen and oxygen atoms in total. The first-order valence-corrected chi connectivity index (χ1v) is 12.7. The van der Waals surface area contributed by atoms with E-state index in [1.165, 1.54) is 16.9 Å². The summed E-state index contributed by atoms with van der Waals surface area (Å²) in [6.07, 6.45) is 4.78. The summed E-state index contributed by atoms with van der Waals surface area (Å²) in [6, 6.07) is 7.11. The number of rotatable bonds is 9. The number of aromatic amines is 1. The Labute approximate surface area is 193 Å². The van der Waals surface area contributed by atoms with Crippen LogP contribution < -0.4 is 15.6 Å². The number of ether oxygens (including phenoxy) is 1. The van der Waals surface area contributed by atoms with Crippen LogP contribution in [0.2, 0.25) is 5.02 Å². The van der Waals surface area contributed by atoms with Crippen molar-refractivity contribution in [1.82, 2.24) is 15.3 Å². The Balaban J connectivity index is 1.18. The van der Waals surface area contributed by atoms with Crippen molar-refractivity contribution in [1.29, 1.82) is 0 Å². The molecule has 0 fully saturated rings. The van der Waals surface area contributed by atoms with E-state index in [9.17, 15) is 9.59 Å². The van der Waals surface area contributed by atoms with Gasteiger partial charge >= 0.3 is 0 Å². The SMILES string of the molecule is O=C(CCSCc1nc2sc3c(c2c(=O)[nH]1)CCCC3)NCCOc1ccc(Cl)cc1. The Morgan fingerprint density at radius 2 is 2.06 bits per heavy atom. The molecule has 0 saturated carbocycles. The molecule has 1 amide bonds. The fraction of sp³-hybridized carbons (Fsp3) is 0.409. The minimum Gasteiger partial charge on any atom is -0.492 e. The lowest BCUT2D eigenvalue weighted by molar-refractivity contribution is -0.120. The molecule has 0 atom stereocenters. The second kappa shape index (κ2) is 10.5. The quantitative estimate of drug-likeness (QED) is 0.448. The molecule has 164 valence electrons. The lowest BCUT2D eigenvalue weighted by Gasteiger charge is -2.09. The molecule has 0 radical (unpaired) electrons. The minimum atomic E-state index is -0.0292. The third-order valence-corrected chi connectivity index (χ3v) is 7.50. The summed E-state index contributed by atoms with van der Waals surface area (Å²) in [5.41, 5.74) is 1.18. The number of hydrogen-bond donors (Lipinski definition) is 2. The largest absolute Gasteiger partial charge is 0.492 e. The van der Waals surface area contributed by atoms with E-state index in [1.807, 2.05) is 0 Å². The number of H-pyrrole nitrogens is 1. The average molecular weight is 478 g/mol. The zero-order valence-corrected chi connectivity index (χ0v) is 19.4. The van der Waals surface area contributed by atoms with E-state index >= 15 is 0 Å². The standard InChI is InChI=1S/C22H24ClN3O3S2/c23-14-5-7-15(8-6-14)29-11-10-24-19(27)9-12-30-13-18-25-21(28)20-16-3-1-2-4-17(16)31-22(20)26-18/h5-8H,1-4,9-13H2,(H,24,27)(H,25,26,28). The highest BCUT2D eigenvalue weighted by Gasteiger charge is 2.19. The summed E-state index contributed by atoms with van der Waals surface area (Å²) in [7, 11) is 0. The number of nitrogens with one attached hydrogen (secondary N) is 2. The highest BCUT2D eigenvalue weighted by molar-refractivity contribution is 7.98. The molecule has 2 aromatic heterocycles. The van der Waals surface area contributed by atoms with Crippen LogP contribution in [0.25, 0.3) is 10.2 Å². The monoisotopic (exact) mass is 477 g/mol. The Morgan fingerprint density at radius 1 is 1.26 bits per heavy atom. The Kier molecular flexibility index (Phi) is 7.53. The maximum absolute atomic E-state index is 12.6. The maximum atomic E-state index is 12.6. The van der Waals surface area contributed by atoms with E-state index in [0.717, 1.165) is 35.2 Å². The summed E-state index contributed by atoms with van der Waals surface area (Å²) in [5.74, 6) is 2.62. The highest BCUT2D eigenvalue weighted by atomic mass is 35.5. The third kappa shape index (κ3) is 5.81. The Bertz CT molecular complexity index is 1110. The van der Waals surface area contributed by atoms with Crippen LogP contribution in [-0.2, 0) is 23.4 Å². The number of benzene rings is 1. The molecule has 1 aromatic carbocycles. The summed E-state index contributed by atoms with van der Waals surface area (Å²) in [4.78, 5) is 34.3. The molecule has 2 N–H and O–H groups in total. The van der Waals surface area contributed by atoms with Crippen molar-refractivity contribution in [2.75, 3.05) is 18.9 Å². The van der Waals surface area contributed by atoms with Gasteiger partial charge in [-0.3, -0.25) is 9.59 Å². The molecule has 1 aliphatic rings. The van der Waals surface area contributed by atoms with Crippen LogP contribution in [-0.4, -0.2) is 34.8 Å². The Hall–Kier alpha value is -2.03.